The highest BCUT2D eigenvalue weighted by Gasteiger charge is 2.12. The van der Waals surface area contributed by atoms with Crippen LogP contribution in [0, 0.1) is 5.82 Å². The summed E-state index contributed by atoms with van der Waals surface area (Å²) in [6.07, 6.45) is 1.23. The fraction of sp³-hybridized carbons (Fsp3) is 0. The molecule has 0 atom stereocenters. The summed E-state index contributed by atoms with van der Waals surface area (Å²) in [6, 6.07) is 2.24. The highest BCUT2D eigenvalue weighted by molar-refractivity contribution is 6.40. The van der Waals surface area contributed by atoms with Crippen molar-refractivity contribution in [1.29, 1.82) is 0 Å². The Morgan fingerprint density at radius 3 is 2.33 bits per heavy atom. The maximum Gasteiger partial charge on any atom is 0.154 e. The van der Waals surface area contributed by atoms with Crippen molar-refractivity contribution in [2.24, 2.45) is 0 Å². The zero-order chi connectivity index (χ0) is 13.3. The van der Waals surface area contributed by atoms with Crippen molar-refractivity contribution >= 4 is 52.1 Å². The van der Waals surface area contributed by atoms with Crippen molar-refractivity contribution in [3.05, 3.63) is 39.3 Å². The summed E-state index contributed by atoms with van der Waals surface area (Å²) in [5.74, 6) is -0.188. The molecule has 0 radical (unpaired) electrons. The summed E-state index contributed by atoms with van der Waals surface area (Å²) in [4.78, 5) is 7.60. The first-order valence-corrected chi connectivity index (χ1v) is 5.80. The topological polar surface area (TPSA) is 63.8 Å². The van der Waals surface area contributed by atoms with Crippen LogP contribution in [0.1, 0.15) is 0 Å². The van der Waals surface area contributed by atoms with E-state index in [0.717, 1.165) is 12.1 Å². The second-order valence-electron chi connectivity index (χ2n) is 3.29. The van der Waals surface area contributed by atoms with E-state index in [4.69, 9.17) is 40.5 Å². The van der Waals surface area contributed by atoms with Crippen LogP contribution in [-0.2, 0) is 0 Å². The van der Waals surface area contributed by atoms with Gasteiger partial charge < -0.3 is 11.1 Å². The van der Waals surface area contributed by atoms with Crippen molar-refractivity contribution < 1.29 is 4.39 Å². The zero-order valence-corrected chi connectivity index (χ0v) is 11.0. The average molecular weight is 308 g/mol. The smallest absolute Gasteiger partial charge is 0.154 e. The summed E-state index contributed by atoms with van der Waals surface area (Å²) >= 11 is 17.7. The van der Waals surface area contributed by atoms with Crippen molar-refractivity contribution in [3.8, 4) is 0 Å². The maximum absolute atomic E-state index is 13.0. The van der Waals surface area contributed by atoms with Crippen LogP contribution in [0.25, 0.3) is 0 Å². The molecule has 0 unspecified atom stereocenters. The fourth-order valence-electron chi connectivity index (χ4n) is 1.25. The van der Waals surface area contributed by atoms with Gasteiger partial charge in [0.2, 0.25) is 0 Å². The number of nitrogens with one attached hydrogen (secondary N) is 1. The maximum atomic E-state index is 13.0. The SMILES string of the molecule is Nc1ncnc(Nc2c(Cl)cc(F)cc2Cl)c1Cl. The normalized spacial score (nSPS) is 10.4. The van der Waals surface area contributed by atoms with Crippen molar-refractivity contribution in [2.45, 2.75) is 0 Å². The first kappa shape index (κ1) is 13.1. The van der Waals surface area contributed by atoms with Gasteiger partial charge in [-0.25, -0.2) is 14.4 Å². The molecule has 0 bridgehead atoms. The molecule has 2 aromatic rings. The van der Waals surface area contributed by atoms with E-state index in [1.165, 1.54) is 6.33 Å². The molecule has 0 spiro atoms. The minimum atomic E-state index is -0.538. The lowest BCUT2D eigenvalue weighted by molar-refractivity contribution is 0.628. The summed E-state index contributed by atoms with van der Waals surface area (Å²) in [7, 11) is 0. The number of rotatable bonds is 2. The molecule has 3 N–H and O–H groups in total. The van der Waals surface area contributed by atoms with Gasteiger partial charge in [-0.1, -0.05) is 34.8 Å². The minimum absolute atomic E-state index is 0.105. The van der Waals surface area contributed by atoms with E-state index in [2.05, 4.69) is 15.3 Å². The van der Waals surface area contributed by atoms with Gasteiger partial charge in [-0.15, -0.1) is 0 Å². The third-order valence-electron chi connectivity index (χ3n) is 2.07. The Balaban J connectivity index is 2.43. The molecule has 1 aromatic carbocycles. The van der Waals surface area contributed by atoms with Gasteiger partial charge in [0.05, 0.1) is 15.7 Å². The molecule has 94 valence electrons. The standard InChI is InChI=1S/C10H6Cl3FN4/c11-5-1-4(14)2-6(12)8(5)18-10-7(13)9(15)16-3-17-10/h1-3H,(H3,15,16,17,18). The van der Waals surface area contributed by atoms with E-state index in [-0.39, 0.29) is 26.7 Å². The summed E-state index contributed by atoms with van der Waals surface area (Å²) in [6.45, 7) is 0. The van der Waals surface area contributed by atoms with Crippen LogP contribution in [0.5, 0.6) is 0 Å². The molecule has 0 aliphatic heterocycles. The van der Waals surface area contributed by atoms with Crippen LogP contribution in [0.2, 0.25) is 15.1 Å². The Bertz CT molecular complexity index is 583. The first-order chi connectivity index (χ1) is 8.49. The lowest BCUT2D eigenvalue weighted by atomic mass is 10.3. The molecule has 2 rings (SSSR count). The molecule has 8 heteroatoms. The molecule has 0 saturated heterocycles. The molecule has 0 saturated carbocycles. The third kappa shape index (κ3) is 2.58. The van der Waals surface area contributed by atoms with Gasteiger partial charge in [0.25, 0.3) is 0 Å². The monoisotopic (exact) mass is 306 g/mol. The van der Waals surface area contributed by atoms with Gasteiger partial charge in [0, 0.05) is 0 Å². The average Bonchev–Trinajstić information content (AvgIpc) is 2.28. The van der Waals surface area contributed by atoms with Crippen molar-refractivity contribution in [3.63, 3.8) is 0 Å². The summed E-state index contributed by atoms with van der Waals surface area (Å²) in [5, 5.41) is 3.13. The predicted molar refractivity (Wildman–Crippen MR) is 71.2 cm³/mol. The van der Waals surface area contributed by atoms with E-state index in [0.29, 0.717) is 5.69 Å². The number of hydrogen-bond donors (Lipinski definition) is 2. The highest BCUT2D eigenvalue weighted by atomic mass is 35.5. The third-order valence-corrected chi connectivity index (χ3v) is 3.04. The first-order valence-electron chi connectivity index (χ1n) is 4.66. The molecule has 1 heterocycles. The molecule has 0 amide bonds. The largest absolute Gasteiger partial charge is 0.382 e. The number of hydrogen-bond acceptors (Lipinski definition) is 4. The molecule has 0 aliphatic carbocycles. The molecular weight excluding hydrogens is 301 g/mol. The number of halogens is 4. The van der Waals surface area contributed by atoms with E-state index >= 15 is 0 Å². The van der Waals surface area contributed by atoms with E-state index in [1.807, 2.05) is 0 Å². The lowest BCUT2D eigenvalue weighted by Crippen LogP contribution is -2.00. The lowest BCUT2D eigenvalue weighted by Gasteiger charge is -2.11. The van der Waals surface area contributed by atoms with Gasteiger partial charge >= 0.3 is 0 Å². The van der Waals surface area contributed by atoms with Gasteiger partial charge in [-0.05, 0) is 12.1 Å². The molecule has 0 fully saturated rings. The van der Waals surface area contributed by atoms with Crippen LogP contribution in [0.15, 0.2) is 18.5 Å². The second kappa shape index (κ2) is 5.14. The molecule has 4 nitrogen and oxygen atoms in total. The van der Waals surface area contributed by atoms with Crippen LogP contribution in [0.3, 0.4) is 0 Å². The van der Waals surface area contributed by atoms with Gasteiger partial charge in [0.1, 0.15) is 23.0 Å². The highest BCUT2D eigenvalue weighted by Crippen LogP contribution is 2.35. The number of nitrogens with two attached hydrogens (primary N) is 1. The summed E-state index contributed by atoms with van der Waals surface area (Å²) in [5.41, 5.74) is 5.82. The quantitative estimate of drug-likeness (QED) is 0.883. The van der Waals surface area contributed by atoms with E-state index in [1.54, 1.807) is 0 Å². The number of benzene rings is 1. The molecule has 0 aliphatic rings. The molecule has 18 heavy (non-hydrogen) atoms. The van der Waals surface area contributed by atoms with Crippen LogP contribution in [0.4, 0.5) is 21.7 Å². The number of nitrogens with zero attached hydrogens (tertiary/aromatic N) is 2. The Morgan fingerprint density at radius 2 is 1.72 bits per heavy atom. The van der Waals surface area contributed by atoms with Gasteiger partial charge in [0.15, 0.2) is 5.82 Å². The minimum Gasteiger partial charge on any atom is -0.382 e. The summed E-state index contributed by atoms with van der Waals surface area (Å²) < 4.78 is 13.0. The number of anilines is 3. The fourth-order valence-corrected chi connectivity index (χ4v) is 1.95. The van der Waals surface area contributed by atoms with Gasteiger partial charge in [-0.3, -0.25) is 0 Å². The number of nitrogen functional groups attached to an aromatic ring is 1. The van der Waals surface area contributed by atoms with Gasteiger partial charge in [-0.2, -0.15) is 0 Å². The molecular formula is C10H6Cl3FN4. The second-order valence-corrected chi connectivity index (χ2v) is 4.48. The Kier molecular flexibility index (Phi) is 3.75. The van der Waals surface area contributed by atoms with Crippen LogP contribution < -0.4 is 11.1 Å². The Labute approximate surface area is 117 Å². The molecule has 1 aromatic heterocycles. The number of aromatic nitrogens is 2. The zero-order valence-electron chi connectivity index (χ0n) is 8.72. The Morgan fingerprint density at radius 1 is 1.11 bits per heavy atom. The van der Waals surface area contributed by atoms with Crippen molar-refractivity contribution in [1.82, 2.24) is 9.97 Å². The van der Waals surface area contributed by atoms with E-state index < -0.39 is 5.82 Å². The van der Waals surface area contributed by atoms with E-state index in [9.17, 15) is 4.39 Å². The predicted octanol–water partition coefficient (Wildman–Crippen LogP) is 3.90. The Hall–Kier alpha value is -1.30. The van der Waals surface area contributed by atoms with Crippen LogP contribution in [-0.4, -0.2) is 9.97 Å². The van der Waals surface area contributed by atoms with Crippen molar-refractivity contribution in [2.75, 3.05) is 11.1 Å². The van der Waals surface area contributed by atoms with Crippen LogP contribution >= 0.6 is 34.8 Å².